The Morgan fingerprint density at radius 1 is 1.41 bits per heavy atom. The van der Waals surface area contributed by atoms with E-state index in [9.17, 15) is 0 Å². The number of amidine groups is 1. The molecule has 1 aliphatic heterocycles. The van der Waals surface area contributed by atoms with Gasteiger partial charge in [-0.3, -0.25) is 4.99 Å². The second-order valence-corrected chi connectivity index (χ2v) is 5.94. The molecule has 0 radical (unpaired) electrons. The van der Waals surface area contributed by atoms with Crippen molar-refractivity contribution in [3.8, 4) is 0 Å². The lowest BCUT2D eigenvalue weighted by Gasteiger charge is -2.18. The summed E-state index contributed by atoms with van der Waals surface area (Å²) in [5, 5.41) is 4.66. The van der Waals surface area contributed by atoms with Gasteiger partial charge in [0.1, 0.15) is 0 Å². The molecular weight excluding hydrogens is 230 g/mol. The Hall–Kier alpha value is -0.220. The van der Waals surface area contributed by atoms with Crippen LogP contribution in [-0.4, -0.2) is 48.0 Å². The zero-order chi connectivity index (χ0) is 12.7. The minimum Gasteiger partial charge on any atom is -0.361 e. The van der Waals surface area contributed by atoms with Crippen LogP contribution in [0.5, 0.6) is 0 Å². The van der Waals surface area contributed by atoms with Gasteiger partial charge >= 0.3 is 0 Å². The van der Waals surface area contributed by atoms with Crippen molar-refractivity contribution in [2.24, 2.45) is 10.9 Å². The van der Waals surface area contributed by atoms with E-state index in [1.165, 1.54) is 18.7 Å². The first-order chi connectivity index (χ1) is 8.17. The van der Waals surface area contributed by atoms with Crippen LogP contribution in [0.2, 0.25) is 0 Å². The Labute approximate surface area is 110 Å². The average Bonchev–Trinajstić information content (AvgIpc) is 2.77. The minimum absolute atomic E-state index is 0.608. The number of aliphatic imine (C=N–C) groups is 1. The third-order valence-corrected chi connectivity index (χ3v) is 4.22. The van der Waals surface area contributed by atoms with E-state index in [1.807, 2.05) is 11.8 Å². The van der Waals surface area contributed by atoms with Crippen molar-refractivity contribution in [1.82, 2.24) is 10.2 Å². The molecule has 1 aliphatic rings. The topological polar surface area (TPSA) is 27.6 Å². The first-order valence-corrected chi connectivity index (χ1v) is 7.82. The standard InChI is InChI=1S/C13H27N3S/c1-5-8-16(6-2)9-7-14-13-15-12(10-17-13)11(3)4/h11-12H,5-10H2,1-4H3,(H,14,15). The molecule has 17 heavy (non-hydrogen) atoms. The molecule has 1 N–H and O–H groups in total. The fourth-order valence-electron chi connectivity index (χ4n) is 1.90. The number of rotatable bonds is 7. The van der Waals surface area contributed by atoms with Crippen LogP contribution >= 0.6 is 11.8 Å². The molecule has 0 bridgehead atoms. The number of likely N-dealkylation sites (N-methyl/N-ethyl adjacent to an activating group) is 1. The lowest BCUT2D eigenvalue weighted by Crippen LogP contribution is -2.32. The zero-order valence-corrected chi connectivity index (χ0v) is 12.5. The highest BCUT2D eigenvalue weighted by atomic mass is 32.2. The highest BCUT2D eigenvalue weighted by Crippen LogP contribution is 2.18. The summed E-state index contributed by atoms with van der Waals surface area (Å²) >= 11 is 1.87. The molecule has 3 nitrogen and oxygen atoms in total. The van der Waals surface area contributed by atoms with Gasteiger partial charge < -0.3 is 10.2 Å². The van der Waals surface area contributed by atoms with Gasteiger partial charge in [0.25, 0.3) is 0 Å². The molecule has 0 amide bonds. The van der Waals surface area contributed by atoms with Crippen LogP contribution in [0, 0.1) is 5.92 Å². The largest absolute Gasteiger partial charge is 0.361 e. The van der Waals surface area contributed by atoms with E-state index in [0.29, 0.717) is 12.0 Å². The first-order valence-electron chi connectivity index (χ1n) is 6.83. The monoisotopic (exact) mass is 257 g/mol. The fourth-order valence-corrected chi connectivity index (χ4v) is 3.12. The van der Waals surface area contributed by atoms with Gasteiger partial charge in [-0.1, -0.05) is 39.5 Å². The number of nitrogens with one attached hydrogen (secondary N) is 1. The zero-order valence-electron chi connectivity index (χ0n) is 11.7. The SMILES string of the molecule is CCCN(CC)CCN=C1NC(C(C)C)CS1. The van der Waals surface area contributed by atoms with Gasteiger partial charge in [0.05, 0.1) is 6.54 Å². The van der Waals surface area contributed by atoms with Crippen LogP contribution in [-0.2, 0) is 0 Å². The summed E-state index contributed by atoms with van der Waals surface area (Å²) in [5.74, 6) is 1.87. The maximum Gasteiger partial charge on any atom is 0.156 e. The Balaban J connectivity index is 2.25. The normalized spacial score (nSPS) is 22.7. The summed E-state index contributed by atoms with van der Waals surface area (Å²) in [4.78, 5) is 7.11. The molecule has 0 aromatic carbocycles. The van der Waals surface area contributed by atoms with E-state index in [0.717, 1.165) is 24.8 Å². The number of thioether (sulfide) groups is 1. The van der Waals surface area contributed by atoms with Crippen molar-refractivity contribution in [2.45, 2.75) is 40.2 Å². The van der Waals surface area contributed by atoms with E-state index >= 15 is 0 Å². The van der Waals surface area contributed by atoms with Crippen molar-refractivity contribution in [3.63, 3.8) is 0 Å². The van der Waals surface area contributed by atoms with Gasteiger partial charge in [0.2, 0.25) is 0 Å². The Bertz CT molecular complexity index is 241. The molecule has 1 saturated heterocycles. The van der Waals surface area contributed by atoms with Gasteiger partial charge in [0, 0.05) is 18.3 Å². The molecule has 1 rings (SSSR count). The van der Waals surface area contributed by atoms with E-state index in [4.69, 9.17) is 0 Å². The molecule has 1 heterocycles. The summed E-state index contributed by atoms with van der Waals surface area (Å²) in [7, 11) is 0. The van der Waals surface area contributed by atoms with Gasteiger partial charge in [-0.05, 0) is 25.4 Å². The molecule has 1 unspecified atom stereocenters. The molecule has 1 fully saturated rings. The summed E-state index contributed by atoms with van der Waals surface area (Å²) in [6.45, 7) is 13.3. The van der Waals surface area contributed by atoms with Crippen LogP contribution in [0.25, 0.3) is 0 Å². The van der Waals surface area contributed by atoms with E-state index in [1.54, 1.807) is 0 Å². The second kappa shape index (κ2) is 7.98. The fraction of sp³-hybridized carbons (Fsp3) is 0.923. The second-order valence-electron chi connectivity index (χ2n) is 4.93. The van der Waals surface area contributed by atoms with Gasteiger partial charge in [-0.15, -0.1) is 0 Å². The van der Waals surface area contributed by atoms with Crippen molar-refractivity contribution in [3.05, 3.63) is 0 Å². The molecular formula is C13H27N3S. The van der Waals surface area contributed by atoms with Crippen LogP contribution in [0.4, 0.5) is 0 Å². The molecule has 0 saturated carbocycles. The Kier molecular flexibility index (Phi) is 6.97. The maximum absolute atomic E-state index is 4.65. The van der Waals surface area contributed by atoms with E-state index in [2.05, 4.69) is 42.9 Å². The summed E-state index contributed by atoms with van der Waals surface area (Å²) in [6, 6.07) is 0.608. The molecule has 0 aromatic rings. The molecule has 4 heteroatoms. The Morgan fingerprint density at radius 3 is 2.71 bits per heavy atom. The van der Waals surface area contributed by atoms with Gasteiger partial charge in [0.15, 0.2) is 5.17 Å². The maximum atomic E-state index is 4.65. The quantitative estimate of drug-likeness (QED) is 0.759. The van der Waals surface area contributed by atoms with Crippen LogP contribution in [0.3, 0.4) is 0 Å². The number of nitrogens with zero attached hydrogens (tertiary/aromatic N) is 2. The van der Waals surface area contributed by atoms with E-state index in [-0.39, 0.29) is 0 Å². The van der Waals surface area contributed by atoms with Crippen molar-refractivity contribution in [2.75, 3.05) is 31.9 Å². The van der Waals surface area contributed by atoms with Crippen LogP contribution in [0.15, 0.2) is 4.99 Å². The third-order valence-electron chi connectivity index (χ3n) is 3.17. The minimum atomic E-state index is 0.608. The third kappa shape index (κ3) is 5.30. The van der Waals surface area contributed by atoms with Gasteiger partial charge in [-0.25, -0.2) is 0 Å². The molecule has 0 spiro atoms. The summed E-state index contributed by atoms with van der Waals surface area (Å²) in [5.41, 5.74) is 0. The highest BCUT2D eigenvalue weighted by Gasteiger charge is 2.22. The highest BCUT2D eigenvalue weighted by molar-refractivity contribution is 8.14. The summed E-state index contributed by atoms with van der Waals surface area (Å²) in [6.07, 6.45) is 1.23. The average molecular weight is 257 g/mol. The van der Waals surface area contributed by atoms with Crippen LogP contribution in [0.1, 0.15) is 34.1 Å². The molecule has 0 aromatic heterocycles. The molecule has 1 atom stereocenters. The smallest absolute Gasteiger partial charge is 0.156 e. The van der Waals surface area contributed by atoms with Crippen molar-refractivity contribution >= 4 is 16.9 Å². The number of hydrogen-bond acceptors (Lipinski definition) is 3. The lowest BCUT2D eigenvalue weighted by atomic mass is 10.1. The number of hydrogen-bond donors (Lipinski definition) is 1. The molecule has 100 valence electrons. The van der Waals surface area contributed by atoms with E-state index < -0.39 is 0 Å². The van der Waals surface area contributed by atoms with Crippen molar-refractivity contribution < 1.29 is 0 Å². The van der Waals surface area contributed by atoms with Crippen molar-refractivity contribution in [1.29, 1.82) is 0 Å². The van der Waals surface area contributed by atoms with Gasteiger partial charge in [-0.2, -0.15) is 0 Å². The predicted molar refractivity (Wildman–Crippen MR) is 78.9 cm³/mol. The summed E-state index contributed by atoms with van der Waals surface area (Å²) < 4.78 is 0. The predicted octanol–water partition coefficient (Wildman–Crippen LogP) is 2.44. The molecule has 0 aliphatic carbocycles. The first kappa shape index (κ1) is 14.8. The lowest BCUT2D eigenvalue weighted by molar-refractivity contribution is 0.297. The van der Waals surface area contributed by atoms with Crippen LogP contribution < -0.4 is 5.32 Å². The Morgan fingerprint density at radius 2 is 2.18 bits per heavy atom.